The lowest BCUT2D eigenvalue weighted by atomic mass is 10.2. The maximum Gasteiger partial charge on any atom is 0.307 e. The van der Waals surface area contributed by atoms with Crippen molar-refractivity contribution in [3.05, 3.63) is 163 Å². The molecule has 7 rings (SSSR count). The Kier molecular flexibility index (Phi) is 10.8. The maximum atomic E-state index is 14.3. The molecule has 1 unspecified atom stereocenters. The molecule has 0 amide bonds. The van der Waals surface area contributed by atoms with Crippen molar-refractivity contribution in [3.8, 4) is 17.2 Å². The average Bonchev–Trinajstić information content (AvgIpc) is 3.70. The van der Waals surface area contributed by atoms with E-state index in [4.69, 9.17) is 22.6 Å². The predicted octanol–water partition coefficient (Wildman–Crippen LogP) is 9.06. The van der Waals surface area contributed by atoms with Gasteiger partial charge in [-0.2, -0.15) is 8.42 Å². The first kappa shape index (κ1) is 35.2. The van der Waals surface area contributed by atoms with Crippen LogP contribution in [0, 0.1) is 6.92 Å². The van der Waals surface area contributed by atoms with Crippen molar-refractivity contribution in [2.24, 2.45) is 0 Å². The second-order valence-corrected chi connectivity index (χ2v) is 16.6. The molecular formula is C41H38N2O7S2. The van der Waals surface area contributed by atoms with Crippen molar-refractivity contribution in [3.63, 3.8) is 0 Å². The van der Waals surface area contributed by atoms with E-state index in [1.54, 1.807) is 49.1 Å². The third kappa shape index (κ3) is 8.29. The van der Waals surface area contributed by atoms with E-state index in [0.29, 0.717) is 51.8 Å². The molecule has 6 aromatic rings. The molecule has 2 aromatic heterocycles. The standard InChI is InChI=1S/C41H38N2O7S2/c1-31-4-12-40(13-5-31)52(44,45)50-51(39-18-10-36(11-19-39)49-41-3-2-28-46-41,37-14-6-34(7-15-37)47-29-32-20-24-42-25-21-32)38-16-8-35(9-17-38)48-30-33-22-26-43-27-23-33/h4-27,41H,2-3,28-30H2,1H3. The second-order valence-electron chi connectivity index (χ2n) is 12.2. The van der Waals surface area contributed by atoms with Crippen LogP contribution in [0.4, 0.5) is 0 Å². The Morgan fingerprint density at radius 3 is 1.48 bits per heavy atom. The van der Waals surface area contributed by atoms with E-state index in [1.165, 1.54) is 0 Å². The van der Waals surface area contributed by atoms with Crippen LogP contribution in [0.15, 0.2) is 166 Å². The van der Waals surface area contributed by atoms with Crippen LogP contribution in [-0.2, 0) is 31.7 Å². The summed E-state index contributed by atoms with van der Waals surface area (Å²) in [4.78, 5) is 10.2. The molecule has 11 heteroatoms. The normalized spacial score (nSPS) is 14.8. The highest BCUT2D eigenvalue weighted by molar-refractivity contribution is 8.33. The molecule has 1 fully saturated rings. The van der Waals surface area contributed by atoms with E-state index in [2.05, 4.69) is 9.97 Å². The zero-order valence-electron chi connectivity index (χ0n) is 28.5. The van der Waals surface area contributed by atoms with Crippen LogP contribution in [-0.4, -0.2) is 31.3 Å². The summed E-state index contributed by atoms with van der Waals surface area (Å²) in [5, 5.41) is 0. The van der Waals surface area contributed by atoms with E-state index in [1.807, 2.05) is 104 Å². The fraction of sp³-hybridized carbons (Fsp3) is 0.171. The number of hydrogen-bond acceptors (Lipinski definition) is 9. The van der Waals surface area contributed by atoms with E-state index in [0.717, 1.165) is 29.5 Å². The average molecular weight is 735 g/mol. The van der Waals surface area contributed by atoms with Crippen LogP contribution in [0.2, 0.25) is 0 Å². The van der Waals surface area contributed by atoms with Crippen molar-refractivity contribution in [1.82, 2.24) is 9.97 Å². The number of nitrogens with zero attached hydrogens (tertiary/aromatic N) is 2. The van der Waals surface area contributed by atoms with Gasteiger partial charge in [-0.15, -0.1) is 0 Å². The molecule has 1 aliphatic heterocycles. The van der Waals surface area contributed by atoms with Gasteiger partial charge in [-0.05, 0) is 144 Å². The number of aromatic nitrogens is 2. The van der Waals surface area contributed by atoms with Gasteiger partial charge in [0.05, 0.1) is 11.5 Å². The van der Waals surface area contributed by atoms with Crippen LogP contribution in [0.1, 0.15) is 29.5 Å². The first-order valence-corrected chi connectivity index (χ1v) is 19.8. The lowest BCUT2D eigenvalue weighted by Gasteiger charge is -2.39. The summed E-state index contributed by atoms with van der Waals surface area (Å²) in [5.74, 6) is 1.86. The maximum absolute atomic E-state index is 14.3. The van der Waals surface area contributed by atoms with Gasteiger partial charge in [0, 0.05) is 45.9 Å². The van der Waals surface area contributed by atoms with Gasteiger partial charge < -0.3 is 18.9 Å². The highest BCUT2D eigenvalue weighted by atomic mass is 32.3. The molecule has 0 bridgehead atoms. The van der Waals surface area contributed by atoms with Crippen LogP contribution >= 0.6 is 10.3 Å². The quantitative estimate of drug-likeness (QED) is 0.108. The fourth-order valence-electron chi connectivity index (χ4n) is 5.65. The molecule has 0 radical (unpaired) electrons. The molecule has 1 atom stereocenters. The summed E-state index contributed by atoms with van der Waals surface area (Å²) in [6.07, 6.45) is 8.30. The predicted molar refractivity (Wildman–Crippen MR) is 198 cm³/mol. The Hall–Kier alpha value is -5.20. The van der Waals surface area contributed by atoms with E-state index >= 15 is 0 Å². The monoisotopic (exact) mass is 734 g/mol. The first-order valence-electron chi connectivity index (χ1n) is 16.9. The molecule has 0 aliphatic carbocycles. The van der Waals surface area contributed by atoms with Gasteiger partial charge in [-0.1, -0.05) is 17.7 Å². The SMILES string of the molecule is Cc1ccc(S(=O)(=O)OS(c2ccc(OCc3ccncc3)cc2)(c2ccc(OCc3ccncc3)cc2)c2ccc(OC3CCCO3)cc2)cc1. The smallest absolute Gasteiger partial charge is 0.307 e. The summed E-state index contributed by atoms with van der Waals surface area (Å²) >= 11 is 0. The van der Waals surface area contributed by atoms with Crippen LogP contribution in [0.5, 0.6) is 17.2 Å². The Labute approximate surface area is 305 Å². The molecule has 0 spiro atoms. The van der Waals surface area contributed by atoms with Crippen molar-refractivity contribution in [2.45, 2.75) is 58.9 Å². The van der Waals surface area contributed by atoms with Crippen LogP contribution < -0.4 is 14.2 Å². The van der Waals surface area contributed by atoms with Crippen LogP contribution in [0.25, 0.3) is 0 Å². The Morgan fingerprint density at radius 1 is 0.596 bits per heavy atom. The van der Waals surface area contributed by atoms with Gasteiger partial charge in [0.15, 0.2) is 6.29 Å². The van der Waals surface area contributed by atoms with Gasteiger partial charge in [0.2, 0.25) is 0 Å². The largest absolute Gasteiger partial charge is 0.489 e. The highest BCUT2D eigenvalue weighted by Gasteiger charge is 2.39. The Balaban J connectivity index is 1.30. The number of rotatable bonds is 14. The minimum Gasteiger partial charge on any atom is -0.489 e. The Morgan fingerprint density at radius 2 is 1.04 bits per heavy atom. The third-order valence-corrected chi connectivity index (χ3v) is 13.6. The molecular weight excluding hydrogens is 697 g/mol. The zero-order valence-corrected chi connectivity index (χ0v) is 30.2. The summed E-state index contributed by atoms with van der Waals surface area (Å²) in [6, 6.07) is 36.4. The molecule has 1 aliphatic rings. The zero-order chi connectivity index (χ0) is 35.8. The minimum atomic E-state index is -4.31. The third-order valence-electron chi connectivity index (χ3n) is 8.43. The molecule has 52 heavy (non-hydrogen) atoms. The summed E-state index contributed by atoms with van der Waals surface area (Å²) in [6.45, 7) is 3.27. The molecule has 1 saturated heterocycles. The van der Waals surface area contributed by atoms with Gasteiger partial charge in [-0.3, -0.25) is 9.97 Å². The Bertz CT molecular complexity index is 2060. The number of pyridine rings is 2. The highest BCUT2D eigenvalue weighted by Crippen LogP contribution is 2.70. The summed E-state index contributed by atoms with van der Waals surface area (Å²) < 4.78 is 59.2. The van der Waals surface area contributed by atoms with E-state index in [-0.39, 0.29) is 11.2 Å². The second kappa shape index (κ2) is 16.0. The van der Waals surface area contributed by atoms with Crippen molar-refractivity contribution in [2.75, 3.05) is 6.61 Å². The number of ether oxygens (including phenoxy) is 4. The number of aryl methyl sites for hydroxylation is 1. The molecule has 0 N–H and O–H groups in total. The summed E-state index contributed by atoms with van der Waals surface area (Å²) in [5.41, 5.74) is 2.88. The van der Waals surface area contributed by atoms with Gasteiger partial charge in [-0.25, -0.2) is 3.63 Å². The van der Waals surface area contributed by atoms with Gasteiger partial charge >= 0.3 is 10.1 Å². The topological polar surface area (TPSA) is 106 Å². The molecule has 4 aromatic carbocycles. The molecule has 9 nitrogen and oxygen atoms in total. The summed E-state index contributed by atoms with van der Waals surface area (Å²) in [7, 11) is -7.27. The fourth-order valence-corrected chi connectivity index (χ4v) is 10.8. The minimum absolute atomic E-state index is 0.0583. The van der Waals surface area contributed by atoms with Crippen molar-refractivity contribution >= 4 is 20.4 Å². The molecule has 266 valence electrons. The number of benzene rings is 4. The molecule has 3 heterocycles. The van der Waals surface area contributed by atoms with Crippen molar-refractivity contribution < 1.29 is 31.0 Å². The van der Waals surface area contributed by atoms with Crippen LogP contribution in [0.3, 0.4) is 0 Å². The van der Waals surface area contributed by atoms with Gasteiger partial charge in [0.25, 0.3) is 0 Å². The first-order chi connectivity index (χ1) is 25.4. The lowest BCUT2D eigenvalue weighted by Crippen LogP contribution is -2.15. The van der Waals surface area contributed by atoms with E-state index < -0.39 is 20.4 Å². The lowest BCUT2D eigenvalue weighted by molar-refractivity contribution is -0.0390. The van der Waals surface area contributed by atoms with E-state index in [9.17, 15) is 8.42 Å². The number of hydrogen-bond donors (Lipinski definition) is 0. The van der Waals surface area contributed by atoms with Gasteiger partial charge in [0.1, 0.15) is 30.5 Å². The molecule has 0 saturated carbocycles. The van der Waals surface area contributed by atoms with Crippen molar-refractivity contribution in [1.29, 1.82) is 0 Å².